The van der Waals surface area contributed by atoms with Gasteiger partial charge >= 0.3 is 0 Å². The van der Waals surface area contributed by atoms with Crippen molar-refractivity contribution in [2.75, 3.05) is 5.32 Å². The van der Waals surface area contributed by atoms with Gasteiger partial charge in [-0.25, -0.2) is 4.98 Å². The summed E-state index contributed by atoms with van der Waals surface area (Å²) in [5, 5.41) is 10.5. The van der Waals surface area contributed by atoms with Gasteiger partial charge in [0.2, 0.25) is 11.1 Å². The predicted octanol–water partition coefficient (Wildman–Crippen LogP) is 4.85. The van der Waals surface area contributed by atoms with Crippen molar-refractivity contribution in [3.8, 4) is 0 Å². The second kappa shape index (κ2) is 8.86. The molecule has 140 valence electrons. The maximum atomic E-state index is 13.1. The van der Waals surface area contributed by atoms with Crippen LogP contribution >= 0.6 is 11.8 Å². The fourth-order valence-electron chi connectivity index (χ4n) is 2.75. The highest BCUT2D eigenvalue weighted by atomic mass is 32.2. The van der Waals surface area contributed by atoms with Crippen LogP contribution in [0, 0.1) is 13.8 Å². The molecular formula is C21H24N4OS. The Morgan fingerprint density at radius 1 is 1.19 bits per heavy atom. The molecule has 6 heteroatoms. The van der Waals surface area contributed by atoms with Crippen LogP contribution in [0.15, 0.2) is 53.7 Å². The lowest BCUT2D eigenvalue weighted by Crippen LogP contribution is -2.19. The summed E-state index contributed by atoms with van der Waals surface area (Å²) in [6, 6.07) is 15.8. The lowest BCUT2D eigenvalue weighted by atomic mass is 10.1. The van der Waals surface area contributed by atoms with E-state index >= 15 is 0 Å². The monoisotopic (exact) mass is 380 g/mol. The first-order chi connectivity index (χ1) is 13.1. The minimum Gasteiger partial charge on any atom is -0.325 e. The average molecular weight is 381 g/mol. The number of rotatable bonds is 7. The molecule has 0 aliphatic rings. The smallest absolute Gasteiger partial charge is 0.242 e. The van der Waals surface area contributed by atoms with E-state index in [0.717, 1.165) is 41.0 Å². The number of aromatic nitrogens is 3. The van der Waals surface area contributed by atoms with Crippen LogP contribution in [0.3, 0.4) is 0 Å². The average Bonchev–Trinajstić information content (AvgIpc) is 3.11. The number of anilines is 1. The van der Waals surface area contributed by atoms with Gasteiger partial charge in [0.15, 0.2) is 0 Å². The third-order valence-electron chi connectivity index (χ3n) is 4.21. The molecule has 1 atom stereocenters. The molecule has 1 amide bonds. The van der Waals surface area contributed by atoms with E-state index in [-0.39, 0.29) is 5.91 Å². The van der Waals surface area contributed by atoms with E-state index in [1.807, 2.05) is 62.4 Å². The standard InChI is InChI=1S/C21H24N4OS/c1-4-8-18-23-21(25-24-18)27-19(16-9-6-5-7-10-16)20(26)22-17-13-14(2)11-12-15(17)3/h5-7,9-13,19H,4,8H2,1-3H3,(H,22,26)(H,23,24,25)/t19-/m0/s1. The molecule has 0 spiro atoms. The number of H-pyrrole nitrogens is 1. The highest BCUT2D eigenvalue weighted by molar-refractivity contribution is 8.00. The molecule has 0 aliphatic heterocycles. The molecule has 0 saturated heterocycles. The van der Waals surface area contributed by atoms with E-state index in [9.17, 15) is 4.79 Å². The van der Waals surface area contributed by atoms with Crippen LogP contribution in [-0.4, -0.2) is 21.1 Å². The molecule has 3 aromatic rings. The van der Waals surface area contributed by atoms with Crippen molar-refractivity contribution in [3.05, 3.63) is 71.0 Å². The third kappa shape index (κ3) is 4.98. The van der Waals surface area contributed by atoms with Gasteiger partial charge in [0.05, 0.1) is 0 Å². The predicted molar refractivity (Wildman–Crippen MR) is 110 cm³/mol. The number of thioether (sulfide) groups is 1. The van der Waals surface area contributed by atoms with Crippen LogP contribution in [0.5, 0.6) is 0 Å². The number of aryl methyl sites for hydroxylation is 3. The number of benzene rings is 2. The third-order valence-corrected chi connectivity index (χ3v) is 5.33. The van der Waals surface area contributed by atoms with Crippen LogP contribution in [-0.2, 0) is 11.2 Å². The van der Waals surface area contributed by atoms with Gasteiger partial charge in [-0.15, -0.1) is 5.10 Å². The zero-order chi connectivity index (χ0) is 19.2. The SMILES string of the molecule is CCCc1nc(S[C@H](C(=O)Nc2cc(C)ccc2C)c2ccccc2)n[nH]1. The summed E-state index contributed by atoms with van der Waals surface area (Å²) < 4.78 is 0. The molecule has 0 fully saturated rings. The molecule has 0 radical (unpaired) electrons. The first-order valence-corrected chi connectivity index (χ1v) is 9.95. The zero-order valence-corrected chi connectivity index (χ0v) is 16.6. The second-order valence-corrected chi connectivity index (χ2v) is 7.60. The summed E-state index contributed by atoms with van der Waals surface area (Å²) in [5.41, 5.74) is 3.90. The van der Waals surface area contributed by atoms with Crippen molar-refractivity contribution in [1.82, 2.24) is 15.2 Å². The Morgan fingerprint density at radius 2 is 1.96 bits per heavy atom. The summed E-state index contributed by atoms with van der Waals surface area (Å²) in [6.45, 7) is 6.10. The van der Waals surface area contributed by atoms with Gasteiger partial charge in [-0.3, -0.25) is 9.89 Å². The highest BCUT2D eigenvalue weighted by Crippen LogP contribution is 2.34. The second-order valence-electron chi connectivity index (χ2n) is 6.53. The molecule has 0 unspecified atom stereocenters. The van der Waals surface area contributed by atoms with Crippen molar-refractivity contribution in [2.45, 2.75) is 44.0 Å². The van der Waals surface area contributed by atoms with Crippen LogP contribution in [0.2, 0.25) is 0 Å². The Bertz CT molecular complexity index is 908. The van der Waals surface area contributed by atoms with Gasteiger partial charge in [-0.2, -0.15) is 0 Å². The number of carbonyl (C=O) groups is 1. The molecule has 27 heavy (non-hydrogen) atoms. The summed E-state index contributed by atoms with van der Waals surface area (Å²) >= 11 is 1.36. The van der Waals surface area contributed by atoms with Crippen molar-refractivity contribution in [3.63, 3.8) is 0 Å². The normalized spacial score (nSPS) is 12.0. The van der Waals surface area contributed by atoms with Gasteiger partial charge in [0, 0.05) is 12.1 Å². The lowest BCUT2D eigenvalue weighted by Gasteiger charge is -2.17. The van der Waals surface area contributed by atoms with E-state index in [1.165, 1.54) is 11.8 Å². The Labute approximate surface area is 164 Å². The topological polar surface area (TPSA) is 70.7 Å². The van der Waals surface area contributed by atoms with E-state index in [4.69, 9.17) is 0 Å². The number of carbonyl (C=O) groups excluding carboxylic acids is 1. The highest BCUT2D eigenvalue weighted by Gasteiger charge is 2.24. The molecule has 0 bridgehead atoms. The van der Waals surface area contributed by atoms with Gasteiger partial charge in [0.25, 0.3) is 0 Å². The van der Waals surface area contributed by atoms with E-state index < -0.39 is 5.25 Å². The Kier molecular flexibility index (Phi) is 6.29. The molecule has 2 aromatic carbocycles. The van der Waals surface area contributed by atoms with Crippen LogP contribution in [0.4, 0.5) is 5.69 Å². The maximum Gasteiger partial charge on any atom is 0.242 e. The zero-order valence-electron chi connectivity index (χ0n) is 15.8. The number of aromatic amines is 1. The summed E-state index contributed by atoms with van der Waals surface area (Å²) in [7, 11) is 0. The molecular weight excluding hydrogens is 356 g/mol. The maximum absolute atomic E-state index is 13.1. The quantitative estimate of drug-likeness (QED) is 0.575. The minimum absolute atomic E-state index is 0.0817. The molecule has 0 saturated carbocycles. The minimum atomic E-state index is -0.434. The van der Waals surface area contributed by atoms with Crippen molar-refractivity contribution < 1.29 is 4.79 Å². The number of nitrogens with one attached hydrogen (secondary N) is 2. The van der Waals surface area contributed by atoms with Crippen molar-refractivity contribution >= 4 is 23.4 Å². The van der Waals surface area contributed by atoms with E-state index in [0.29, 0.717) is 5.16 Å². The Morgan fingerprint density at radius 3 is 2.70 bits per heavy atom. The van der Waals surface area contributed by atoms with E-state index in [2.05, 4.69) is 27.4 Å². The van der Waals surface area contributed by atoms with Gasteiger partial charge in [-0.05, 0) is 43.0 Å². The van der Waals surface area contributed by atoms with Crippen LogP contribution in [0.1, 0.15) is 41.1 Å². The Hall–Kier alpha value is -2.60. The van der Waals surface area contributed by atoms with Crippen LogP contribution < -0.4 is 5.32 Å². The number of nitrogens with zero attached hydrogens (tertiary/aromatic N) is 2. The molecule has 5 nitrogen and oxygen atoms in total. The fraction of sp³-hybridized carbons (Fsp3) is 0.286. The Balaban J connectivity index is 1.85. The molecule has 3 rings (SSSR count). The summed E-state index contributed by atoms with van der Waals surface area (Å²) in [5.74, 6) is 0.767. The largest absolute Gasteiger partial charge is 0.325 e. The number of hydrogen-bond acceptors (Lipinski definition) is 4. The lowest BCUT2D eigenvalue weighted by molar-refractivity contribution is -0.115. The number of hydrogen-bond donors (Lipinski definition) is 2. The van der Waals surface area contributed by atoms with E-state index in [1.54, 1.807) is 0 Å². The molecule has 2 N–H and O–H groups in total. The number of amides is 1. The molecule has 1 heterocycles. The van der Waals surface area contributed by atoms with Crippen molar-refractivity contribution in [1.29, 1.82) is 0 Å². The molecule has 0 aliphatic carbocycles. The fourth-order valence-corrected chi connectivity index (χ4v) is 3.69. The summed E-state index contributed by atoms with van der Waals surface area (Å²) in [6.07, 6.45) is 1.84. The van der Waals surface area contributed by atoms with Gasteiger partial charge < -0.3 is 5.32 Å². The van der Waals surface area contributed by atoms with Gasteiger partial charge in [0.1, 0.15) is 11.1 Å². The van der Waals surface area contributed by atoms with Crippen LogP contribution in [0.25, 0.3) is 0 Å². The first kappa shape index (κ1) is 19.2. The molecule has 1 aromatic heterocycles. The van der Waals surface area contributed by atoms with Gasteiger partial charge in [-0.1, -0.05) is 61.2 Å². The first-order valence-electron chi connectivity index (χ1n) is 9.08. The van der Waals surface area contributed by atoms with Crippen molar-refractivity contribution in [2.24, 2.45) is 0 Å². The summed E-state index contributed by atoms with van der Waals surface area (Å²) in [4.78, 5) is 17.6.